The van der Waals surface area contributed by atoms with Crippen molar-refractivity contribution < 1.29 is 23.0 Å². The Bertz CT molecular complexity index is 1250. The minimum Gasteiger partial charge on any atom is -0.476 e. The van der Waals surface area contributed by atoms with E-state index in [4.69, 9.17) is 21.6 Å². The Hall–Kier alpha value is -3.16. The van der Waals surface area contributed by atoms with Gasteiger partial charge in [-0.3, -0.25) is 9.79 Å². The Labute approximate surface area is 214 Å². The summed E-state index contributed by atoms with van der Waals surface area (Å²) in [4.78, 5) is 21.6. The Morgan fingerprint density at radius 1 is 1.36 bits per heavy atom. The van der Waals surface area contributed by atoms with Gasteiger partial charge in [0.25, 0.3) is 5.91 Å². The molecular weight excluding hydrogens is 486 g/mol. The van der Waals surface area contributed by atoms with Crippen molar-refractivity contribution in [2.75, 3.05) is 19.0 Å². The number of carbonyl (C=O) groups excluding carboxylic acids is 1. The molecule has 0 aliphatic carbocycles. The SMILES string of the molecule is C#C[C@H](C)Oc1cnc(C(=O)Nc2cc(F)c(F)c([C@@]3(C)N=C(N)S[C@](C)(COC)C3C)c2)c(C)c1. The molecule has 0 fully saturated rings. The van der Waals surface area contributed by atoms with Crippen LogP contribution in [0.4, 0.5) is 14.5 Å². The van der Waals surface area contributed by atoms with E-state index in [1.165, 1.54) is 24.0 Å². The van der Waals surface area contributed by atoms with Gasteiger partial charge in [0.05, 0.1) is 18.3 Å². The quantitative estimate of drug-likeness (QED) is 0.521. The van der Waals surface area contributed by atoms with E-state index in [2.05, 4.69) is 21.2 Å². The summed E-state index contributed by atoms with van der Waals surface area (Å²) in [5, 5.41) is 2.86. The molecule has 3 rings (SSSR count). The molecule has 2 aromatic rings. The van der Waals surface area contributed by atoms with Crippen molar-refractivity contribution in [3.8, 4) is 18.1 Å². The Balaban J connectivity index is 1.97. The number of terminal acetylenes is 1. The number of amidine groups is 1. The van der Waals surface area contributed by atoms with E-state index in [1.807, 2.05) is 13.8 Å². The van der Waals surface area contributed by atoms with E-state index < -0.39 is 33.9 Å². The van der Waals surface area contributed by atoms with Gasteiger partial charge in [0, 0.05) is 35.1 Å². The normalized spacial score (nSPS) is 24.4. The summed E-state index contributed by atoms with van der Waals surface area (Å²) in [7, 11) is 1.57. The number of benzene rings is 1. The standard InChI is InChI=1S/C26H30F2N4O3S/c1-8-15(3)35-18-9-14(2)22(30-12-18)23(33)31-17-10-19(21(28)20(27)11-17)26(6)16(4)25(5,13-34-7)36-24(29)32-26/h1,9-12,15-16H,13H2,2-7H3,(H2,29,32)(H,31,33)/t15-,16?,25+,26-/m0/s1. The first kappa shape index (κ1) is 27.4. The number of aryl methyl sites for hydroxylation is 1. The van der Waals surface area contributed by atoms with Crippen LogP contribution in [0.1, 0.15) is 49.3 Å². The number of amides is 1. The molecule has 1 aliphatic heterocycles. The number of nitrogens with one attached hydrogen (secondary N) is 1. The smallest absolute Gasteiger partial charge is 0.274 e. The number of nitrogens with zero attached hydrogens (tertiary/aromatic N) is 2. The van der Waals surface area contributed by atoms with Crippen LogP contribution in [0.5, 0.6) is 5.75 Å². The van der Waals surface area contributed by atoms with Gasteiger partial charge in [-0.05, 0) is 45.4 Å². The van der Waals surface area contributed by atoms with Crippen molar-refractivity contribution in [1.82, 2.24) is 4.98 Å². The number of hydrogen-bond acceptors (Lipinski definition) is 7. The van der Waals surface area contributed by atoms with E-state index in [0.29, 0.717) is 17.9 Å². The zero-order chi connectivity index (χ0) is 26.8. The fourth-order valence-corrected chi connectivity index (χ4v) is 5.61. The highest BCUT2D eigenvalue weighted by Crippen LogP contribution is 2.50. The molecule has 1 aromatic heterocycles. The summed E-state index contributed by atoms with van der Waals surface area (Å²) >= 11 is 1.34. The van der Waals surface area contributed by atoms with E-state index in [-0.39, 0.29) is 28.0 Å². The maximum Gasteiger partial charge on any atom is 0.274 e. The summed E-state index contributed by atoms with van der Waals surface area (Å²) in [6.45, 7) is 9.25. The maximum absolute atomic E-state index is 15.2. The molecule has 0 bridgehead atoms. The third kappa shape index (κ3) is 5.32. The number of halogens is 2. The van der Waals surface area contributed by atoms with Crippen molar-refractivity contribution in [1.29, 1.82) is 0 Å². The highest BCUT2D eigenvalue weighted by molar-refractivity contribution is 8.15. The number of methoxy groups -OCH3 is 1. The lowest BCUT2D eigenvalue weighted by atomic mass is 9.74. The van der Waals surface area contributed by atoms with Crippen molar-refractivity contribution in [3.63, 3.8) is 0 Å². The number of anilines is 1. The molecule has 0 radical (unpaired) electrons. The number of hydrogen-bond donors (Lipinski definition) is 2. The minimum atomic E-state index is -1.21. The molecule has 2 heterocycles. The molecule has 1 aromatic carbocycles. The molecule has 1 aliphatic rings. The molecule has 0 saturated heterocycles. The maximum atomic E-state index is 15.2. The largest absolute Gasteiger partial charge is 0.476 e. The number of rotatable bonds is 7. The van der Waals surface area contributed by atoms with Crippen molar-refractivity contribution in [2.45, 2.75) is 51.0 Å². The third-order valence-electron chi connectivity index (χ3n) is 6.52. The molecule has 4 atom stereocenters. The number of thioether (sulfide) groups is 1. The predicted octanol–water partition coefficient (Wildman–Crippen LogP) is 4.64. The summed E-state index contributed by atoms with van der Waals surface area (Å²) in [5.74, 6) is -0.205. The third-order valence-corrected chi connectivity index (χ3v) is 7.76. The average molecular weight is 517 g/mol. The number of ether oxygens (including phenoxy) is 2. The minimum absolute atomic E-state index is 0.0208. The lowest BCUT2D eigenvalue weighted by Gasteiger charge is -2.47. The molecule has 192 valence electrons. The fraction of sp³-hybridized carbons (Fsp3) is 0.423. The highest BCUT2D eigenvalue weighted by atomic mass is 32.2. The molecule has 7 nitrogen and oxygen atoms in total. The monoisotopic (exact) mass is 516 g/mol. The second-order valence-electron chi connectivity index (χ2n) is 9.20. The fourth-order valence-electron chi connectivity index (χ4n) is 4.31. The lowest BCUT2D eigenvalue weighted by Crippen LogP contribution is -2.50. The van der Waals surface area contributed by atoms with E-state index in [9.17, 15) is 9.18 Å². The van der Waals surface area contributed by atoms with Gasteiger partial charge in [0.15, 0.2) is 22.9 Å². The van der Waals surface area contributed by atoms with Gasteiger partial charge >= 0.3 is 0 Å². The van der Waals surface area contributed by atoms with Crippen LogP contribution in [-0.4, -0.2) is 40.6 Å². The first-order valence-corrected chi connectivity index (χ1v) is 12.1. The van der Waals surface area contributed by atoms with Gasteiger partial charge in [0.1, 0.15) is 11.4 Å². The first-order chi connectivity index (χ1) is 16.8. The molecule has 36 heavy (non-hydrogen) atoms. The van der Waals surface area contributed by atoms with Crippen molar-refractivity contribution in [3.05, 3.63) is 52.9 Å². The van der Waals surface area contributed by atoms with E-state index >= 15 is 4.39 Å². The van der Waals surface area contributed by atoms with Crippen LogP contribution in [-0.2, 0) is 10.3 Å². The van der Waals surface area contributed by atoms with Crippen molar-refractivity contribution in [2.24, 2.45) is 16.6 Å². The predicted molar refractivity (Wildman–Crippen MR) is 138 cm³/mol. The zero-order valence-electron chi connectivity index (χ0n) is 21.1. The van der Waals surface area contributed by atoms with Crippen LogP contribution in [0.2, 0.25) is 0 Å². The molecule has 10 heteroatoms. The summed E-state index contributed by atoms with van der Waals surface area (Å²) in [5.41, 5.74) is 5.56. The number of aromatic nitrogens is 1. The first-order valence-electron chi connectivity index (χ1n) is 11.3. The van der Waals surface area contributed by atoms with Gasteiger partial charge < -0.3 is 20.5 Å². The van der Waals surface area contributed by atoms with Crippen molar-refractivity contribution >= 4 is 28.5 Å². The summed E-state index contributed by atoms with van der Waals surface area (Å²) < 4.78 is 40.3. The summed E-state index contributed by atoms with van der Waals surface area (Å²) in [6, 6.07) is 3.93. The number of carbonyl (C=O) groups is 1. The van der Waals surface area contributed by atoms with Crippen LogP contribution in [0, 0.1) is 36.8 Å². The Morgan fingerprint density at radius 2 is 2.06 bits per heavy atom. The summed E-state index contributed by atoms with van der Waals surface area (Å²) in [6.07, 6.45) is 6.24. The van der Waals surface area contributed by atoms with Crippen LogP contribution in [0.25, 0.3) is 0 Å². The zero-order valence-corrected chi connectivity index (χ0v) is 21.9. The molecule has 0 spiro atoms. The second kappa shape index (κ2) is 10.4. The molecule has 3 N–H and O–H groups in total. The molecule has 1 unspecified atom stereocenters. The van der Waals surface area contributed by atoms with Gasteiger partial charge in [-0.15, -0.1) is 6.42 Å². The number of aliphatic imine (C=N–C) groups is 1. The molecule has 0 saturated carbocycles. The topological polar surface area (TPSA) is 98.8 Å². The van der Waals surface area contributed by atoms with Crippen LogP contribution in [0.15, 0.2) is 29.4 Å². The molecule has 1 amide bonds. The Kier molecular flexibility index (Phi) is 7.96. The van der Waals surface area contributed by atoms with Gasteiger partial charge in [-0.1, -0.05) is 24.6 Å². The number of nitrogens with two attached hydrogens (primary N) is 1. The number of pyridine rings is 1. The van der Waals surface area contributed by atoms with Gasteiger partial charge in [-0.2, -0.15) is 0 Å². The van der Waals surface area contributed by atoms with E-state index in [0.717, 1.165) is 6.07 Å². The van der Waals surface area contributed by atoms with Crippen LogP contribution in [0.3, 0.4) is 0 Å². The van der Waals surface area contributed by atoms with Crippen LogP contribution >= 0.6 is 11.8 Å². The second-order valence-corrected chi connectivity index (χ2v) is 10.8. The highest BCUT2D eigenvalue weighted by Gasteiger charge is 2.50. The van der Waals surface area contributed by atoms with Gasteiger partial charge in [-0.25, -0.2) is 13.8 Å². The van der Waals surface area contributed by atoms with Crippen LogP contribution < -0.4 is 15.8 Å². The van der Waals surface area contributed by atoms with E-state index in [1.54, 1.807) is 33.9 Å². The van der Waals surface area contributed by atoms with Gasteiger partial charge in [0.2, 0.25) is 0 Å². The Morgan fingerprint density at radius 3 is 2.67 bits per heavy atom. The average Bonchev–Trinajstić information content (AvgIpc) is 2.79. The lowest BCUT2D eigenvalue weighted by molar-refractivity contribution is 0.102. The molecular formula is C26H30F2N4O3S.